The lowest BCUT2D eigenvalue weighted by Gasteiger charge is -2.57. The maximum atomic E-state index is 12.6. The molecule has 3 aliphatic carbocycles. The number of rotatable bonds is 1. The molecule has 3 nitrogen and oxygen atoms in total. The van der Waals surface area contributed by atoms with Crippen LogP contribution >= 0.6 is 0 Å². The molecule has 0 radical (unpaired) electrons. The summed E-state index contributed by atoms with van der Waals surface area (Å²) in [6.45, 7) is 4.43. The van der Waals surface area contributed by atoms with Crippen molar-refractivity contribution in [3.63, 3.8) is 0 Å². The predicted molar refractivity (Wildman–Crippen MR) is 65.8 cm³/mol. The molecule has 4 aliphatic rings. The highest BCUT2D eigenvalue weighted by Crippen LogP contribution is 2.68. The second-order valence-electron chi connectivity index (χ2n) is 6.52. The van der Waals surface area contributed by atoms with Crippen LogP contribution in [-0.4, -0.2) is 16.4 Å². The Balaban J connectivity index is 1.64. The third-order valence-electron chi connectivity index (χ3n) is 5.40. The Labute approximate surface area is 107 Å². The van der Waals surface area contributed by atoms with Crippen LogP contribution in [0.25, 0.3) is 0 Å². The number of ether oxygens (including phenoxy) is 1. The molecule has 0 amide bonds. The molecular weight excluding hydrogens is 226 g/mol. The number of hydrogen-bond acceptors (Lipinski definition) is 3. The van der Waals surface area contributed by atoms with Crippen molar-refractivity contribution < 1.29 is 9.53 Å². The van der Waals surface area contributed by atoms with E-state index in [1.165, 1.54) is 0 Å². The van der Waals surface area contributed by atoms with Gasteiger partial charge in [0, 0.05) is 12.1 Å². The largest absolute Gasteiger partial charge is 0.351 e. The van der Waals surface area contributed by atoms with Gasteiger partial charge in [-0.05, 0) is 36.3 Å². The molecule has 18 heavy (non-hydrogen) atoms. The fourth-order valence-corrected chi connectivity index (χ4v) is 3.92. The van der Waals surface area contributed by atoms with E-state index in [-0.39, 0.29) is 17.4 Å². The normalized spacial score (nSPS) is 43.7. The van der Waals surface area contributed by atoms with Crippen LogP contribution in [0.3, 0.4) is 0 Å². The number of hydrogen-bond donors (Lipinski definition) is 0. The van der Waals surface area contributed by atoms with Gasteiger partial charge in [-0.1, -0.05) is 19.9 Å². The lowest BCUT2D eigenvalue weighted by atomic mass is 9.45. The van der Waals surface area contributed by atoms with Crippen molar-refractivity contribution in [2.24, 2.45) is 17.3 Å². The number of nitrogens with zero attached hydrogens (tertiary/aromatic N) is 1. The van der Waals surface area contributed by atoms with Gasteiger partial charge in [-0.15, -0.1) is 0 Å². The van der Waals surface area contributed by atoms with Gasteiger partial charge in [0.05, 0.1) is 5.69 Å². The summed E-state index contributed by atoms with van der Waals surface area (Å²) < 4.78 is 5.83. The Morgan fingerprint density at radius 3 is 2.83 bits per heavy atom. The van der Waals surface area contributed by atoms with Gasteiger partial charge in [-0.2, -0.15) is 0 Å². The smallest absolute Gasteiger partial charge is 0.171 e. The van der Waals surface area contributed by atoms with Gasteiger partial charge in [0.1, 0.15) is 6.10 Å². The van der Waals surface area contributed by atoms with Crippen molar-refractivity contribution >= 4 is 5.78 Å². The van der Waals surface area contributed by atoms with Crippen LogP contribution in [-0.2, 0) is 9.53 Å². The van der Waals surface area contributed by atoms with Crippen molar-refractivity contribution in [1.29, 1.82) is 0 Å². The molecule has 94 valence electrons. The van der Waals surface area contributed by atoms with Gasteiger partial charge < -0.3 is 4.74 Å². The van der Waals surface area contributed by atoms with Gasteiger partial charge in [0.15, 0.2) is 11.4 Å². The molecule has 4 fully saturated rings. The molecule has 1 saturated heterocycles. The van der Waals surface area contributed by atoms with Crippen LogP contribution in [0.1, 0.15) is 38.5 Å². The Hall–Kier alpha value is -1.22. The van der Waals surface area contributed by atoms with Crippen LogP contribution in [0.5, 0.6) is 0 Å². The third-order valence-corrected chi connectivity index (χ3v) is 5.40. The van der Waals surface area contributed by atoms with E-state index in [0.29, 0.717) is 11.7 Å². The molecule has 1 spiro atoms. The van der Waals surface area contributed by atoms with Crippen molar-refractivity contribution in [2.75, 3.05) is 0 Å². The molecule has 0 N–H and O–H groups in total. The molecule has 2 bridgehead atoms. The zero-order valence-electron chi connectivity index (χ0n) is 10.7. The molecule has 0 aromatic carbocycles. The quantitative estimate of drug-likeness (QED) is 0.712. The van der Waals surface area contributed by atoms with Gasteiger partial charge in [0.2, 0.25) is 0 Å². The van der Waals surface area contributed by atoms with E-state index in [2.05, 4.69) is 18.8 Å². The van der Waals surface area contributed by atoms with Gasteiger partial charge >= 0.3 is 0 Å². The van der Waals surface area contributed by atoms with Crippen LogP contribution in [0.4, 0.5) is 0 Å². The van der Waals surface area contributed by atoms with Crippen molar-refractivity contribution in [3.8, 4) is 0 Å². The summed E-state index contributed by atoms with van der Waals surface area (Å²) in [6, 6.07) is 5.80. The molecule has 1 aliphatic heterocycles. The summed E-state index contributed by atoms with van der Waals surface area (Å²) in [5, 5.41) is 0. The zero-order valence-corrected chi connectivity index (χ0v) is 10.7. The first kappa shape index (κ1) is 10.7. The highest BCUT2D eigenvalue weighted by atomic mass is 16.6. The van der Waals surface area contributed by atoms with Gasteiger partial charge in [-0.25, -0.2) is 0 Å². The number of ketones is 1. The average Bonchev–Trinajstić information content (AvgIpc) is 3.08. The number of Topliss-reactive ketones (excluding diaryl/α,β-unsaturated/α-hetero) is 1. The Morgan fingerprint density at radius 1 is 1.39 bits per heavy atom. The van der Waals surface area contributed by atoms with Crippen LogP contribution < -0.4 is 0 Å². The van der Waals surface area contributed by atoms with Crippen molar-refractivity contribution in [3.05, 3.63) is 30.1 Å². The number of aromatic nitrogens is 1. The summed E-state index contributed by atoms with van der Waals surface area (Å²) in [7, 11) is 0. The Bertz CT molecular complexity index is 525. The summed E-state index contributed by atoms with van der Waals surface area (Å²) in [5.74, 6) is 1.16. The minimum atomic E-state index is -0.516. The third kappa shape index (κ3) is 1.09. The summed E-state index contributed by atoms with van der Waals surface area (Å²) >= 11 is 0. The van der Waals surface area contributed by atoms with Gasteiger partial charge in [-0.3, -0.25) is 9.78 Å². The monoisotopic (exact) mass is 243 g/mol. The van der Waals surface area contributed by atoms with Crippen LogP contribution in [0.2, 0.25) is 0 Å². The summed E-state index contributed by atoms with van der Waals surface area (Å²) in [5.41, 5.74) is 0.574. The van der Waals surface area contributed by atoms with Crippen LogP contribution in [0.15, 0.2) is 24.4 Å². The summed E-state index contributed by atoms with van der Waals surface area (Å²) in [6.07, 6.45) is 3.62. The number of carbonyl (C=O) groups is 1. The van der Waals surface area contributed by atoms with E-state index in [1.807, 2.05) is 18.2 Å². The molecule has 2 heterocycles. The zero-order chi connectivity index (χ0) is 12.5. The van der Waals surface area contributed by atoms with Crippen molar-refractivity contribution in [2.45, 2.75) is 38.4 Å². The SMILES string of the molecule is CC1(C)[C@@H]2C[C@H]1C(=O)[C@@]1(C2)O[C@@H]1c1ccccn1. The fraction of sp³-hybridized carbons (Fsp3) is 0.600. The van der Waals surface area contributed by atoms with E-state index in [9.17, 15) is 4.79 Å². The van der Waals surface area contributed by atoms with E-state index in [4.69, 9.17) is 4.74 Å². The maximum Gasteiger partial charge on any atom is 0.171 e. The topological polar surface area (TPSA) is 42.5 Å². The van der Waals surface area contributed by atoms with E-state index < -0.39 is 5.60 Å². The van der Waals surface area contributed by atoms with Crippen LogP contribution in [0, 0.1) is 17.3 Å². The molecule has 1 aromatic heterocycles. The van der Waals surface area contributed by atoms with E-state index in [0.717, 1.165) is 18.5 Å². The Morgan fingerprint density at radius 2 is 2.22 bits per heavy atom. The molecule has 3 saturated carbocycles. The fourth-order valence-electron chi connectivity index (χ4n) is 3.92. The first-order valence-corrected chi connectivity index (χ1v) is 6.69. The molecule has 5 rings (SSSR count). The highest BCUT2D eigenvalue weighted by molar-refractivity contribution is 5.95. The highest BCUT2D eigenvalue weighted by Gasteiger charge is 2.74. The minimum absolute atomic E-state index is 0.0902. The number of epoxide rings is 1. The van der Waals surface area contributed by atoms with Gasteiger partial charge in [0.25, 0.3) is 0 Å². The minimum Gasteiger partial charge on any atom is -0.351 e. The first-order valence-electron chi connectivity index (χ1n) is 6.69. The molecule has 0 unspecified atom stereocenters. The second kappa shape index (κ2) is 3.02. The standard InChI is InChI=1S/C15H17NO2/c1-14(2)9-7-10(14)12(17)15(8-9)13(18-15)11-5-3-4-6-16-11/h3-6,9-10,13H,7-8H2,1-2H3/t9-,10+,13-,15-/m1/s1. The predicted octanol–water partition coefficient (Wildman–Crippen LogP) is 2.53. The second-order valence-corrected chi connectivity index (χ2v) is 6.52. The first-order chi connectivity index (χ1) is 8.56. The number of pyridine rings is 1. The van der Waals surface area contributed by atoms with E-state index >= 15 is 0 Å². The Kier molecular flexibility index (Phi) is 1.79. The van der Waals surface area contributed by atoms with E-state index in [1.54, 1.807) is 6.20 Å². The van der Waals surface area contributed by atoms with Crippen molar-refractivity contribution in [1.82, 2.24) is 4.98 Å². The molecule has 3 heteroatoms. The maximum absolute atomic E-state index is 12.6. The lowest BCUT2D eigenvalue weighted by molar-refractivity contribution is -0.159. The lowest BCUT2D eigenvalue weighted by Crippen LogP contribution is -2.59. The number of carbonyl (C=O) groups excluding carboxylic acids is 1. The molecule has 1 aromatic rings. The molecular formula is C15H17NO2. The summed E-state index contributed by atoms with van der Waals surface area (Å²) in [4.78, 5) is 16.9. The average molecular weight is 243 g/mol. The molecule has 4 atom stereocenters.